The Morgan fingerprint density at radius 3 is 2.12 bits per heavy atom. The van der Waals surface area contributed by atoms with Crippen LogP contribution in [0.3, 0.4) is 0 Å². The van der Waals surface area contributed by atoms with E-state index in [4.69, 9.17) is 9.47 Å². The number of ether oxygens (including phenoxy) is 2. The molecule has 0 fully saturated rings. The van der Waals surface area contributed by atoms with Crippen LogP contribution in [0.25, 0.3) is 0 Å². The number of carbonyl (C=O) groups excluding carboxylic acids is 2. The number of methoxy groups -OCH3 is 2. The highest BCUT2D eigenvalue weighted by atomic mass is 16.5. The number of benzene rings is 2. The minimum atomic E-state index is -0.641. The van der Waals surface area contributed by atoms with Gasteiger partial charge in [0.05, 0.1) is 19.1 Å². The monoisotopic (exact) mass is 439 g/mol. The van der Waals surface area contributed by atoms with Crippen LogP contribution in [0.1, 0.15) is 60.4 Å². The Morgan fingerprint density at radius 2 is 1.56 bits per heavy atom. The first-order valence-corrected chi connectivity index (χ1v) is 11.0. The lowest BCUT2D eigenvalue weighted by molar-refractivity contribution is 0.0520. The lowest BCUT2D eigenvalue weighted by Crippen LogP contribution is -2.36. The molecule has 0 aliphatic heterocycles. The minimum absolute atomic E-state index is 0.0525. The molecule has 0 N–H and O–H groups in total. The molecule has 0 amide bonds. The summed E-state index contributed by atoms with van der Waals surface area (Å²) in [6.07, 6.45) is 0.661. The van der Waals surface area contributed by atoms with E-state index in [1.54, 1.807) is 20.3 Å². The topological polar surface area (TPSA) is 55.8 Å². The predicted octanol–water partition coefficient (Wildman–Crippen LogP) is 5.28. The summed E-state index contributed by atoms with van der Waals surface area (Å²) in [7, 11) is 5.26. The second-order valence-corrected chi connectivity index (χ2v) is 9.82. The molecule has 0 saturated heterocycles. The summed E-state index contributed by atoms with van der Waals surface area (Å²) in [4.78, 5) is 27.9. The summed E-state index contributed by atoms with van der Waals surface area (Å²) in [5.74, 6) is 0.863. The number of ketones is 2. The van der Waals surface area contributed by atoms with Crippen molar-refractivity contribution in [2.75, 3.05) is 34.4 Å². The Hall–Kier alpha value is -2.50. The number of rotatable bonds is 11. The van der Waals surface area contributed by atoms with E-state index in [0.29, 0.717) is 24.3 Å². The molecular formula is C27H37NO4. The molecule has 5 heteroatoms. The highest BCUT2D eigenvalue weighted by Gasteiger charge is 2.34. The van der Waals surface area contributed by atoms with Gasteiger partial charge in [0, 0.05) is 30.2 Å². The van der Waals surface area contributed by atoms with Gasteiger partial charge in [0.25, 0.3) is 0 Å². The van der Waals surface area contributed by atoms with E-state index in [-0.39, 0.29) is 17.0 Å². The van der Waals surface area contributed by atoms with Crippen molar-refractivity contribution in [3.05, 3.63) is 65.2 Å². The summed E-state index contributed by atoms with van der Waals surface area (Å²) in [5, 5.41) is 0. The number of carbonyl (C=O) groups is 2. The first-order chi connectivity index (χ1) is 15.0. The summed E-state index contributed by atoms with van der Waals surface area (Å²) in [6, 6.07) is 15.1. The Bertz CT molecular complexity index is 914. The van der Waals surface area contributed by atoms with Crippen molar-refractivity contribution in [1.82, 2.24) is 4.90 Å². The number of nitrogens with zero attached hydrogens (tertiary/aromatic N) is 1. The molecule has 2 rings (SSSR count). The normalized spacial score (nSPS) is 13.6. The van der Waals surface area contributed by atoms with E-state index in [9.17, 15) is 9.59 Å². The average Bonchev–Trinajstić information content (AvgIpc) is 2.77. The molecule has 1 unspecified atom stereocenters. The second kappa shape index (κ2) is 10.9. The van der Waals surface area contributed by atoms with Crippen LogP contribution in [0.15, 0.2) is 48.5 Å². The molecule has 0 spiro atoms. The molecule has 174 valence electrons. The molecular weight excluding hydrogens is 402 g/mol. The molecule has 0 bridgehead atoms. The number of hydrogen-bond donors (Lipinski definition) is 0. The summed E-state index contributed by atoms with van der Waals surface area (Å²) >= 11 is 0. The van der Waals surface area contributed by atoms with Gasteiger partial charge < -0.3 is 14.4 Å². The van der Waals surface area contributed by atoms with Crippen LogP contribution in [-0.2, 0) is 11.3 Å². The second-order valence-electron chi connectivity index (χ2n) is 9.82. The highest BCUT2D eigenvalue weighted by Crippen LogP contribution is 2.29. The first kappa shape index (κ1) is 25.8. The molecule has 0 heterocycles. The molecule has 5 nitrogen and oxygen atoms in total. The van der Waals surface area contributed by atoms with Gasteiger partial charge in [-0.15, -0.1) is 0 Å². The fourth-order valence-corrected chi connectivity index (χ4v) is 3.71. The Kier molecular flexibility index (Phi) is 8.76. The Labute approximate surface area is 192 Å². The molecule has 0 radical (unpaired) electrons. The molecule has 1 atom stereocenters. The van der Waals surface area contributed by atoms with Gasteiger partial charge in [-0.25, -0.2) is 0 Å². The van der Waals surface area contributed by atoms with Crippen molar-refractivity contribution in [2.24, 2.45) is 10.8 Å². The van der Waals surface area contributed by atoms with Gasteiger partial charge in [-0.05, 0) is 37.7 Å². The fraction of sp³-hybridized carbons (Fsp3) is 0.481. The zero-order valence-electron chi connectivity index (χ0n) is 20.5. The standard InChI is InChI=1S/C27H37NO4/c1-26(2,3)24(29)21-13-11-20(12-14-21)18-28(5)16-15-27(4,19-31-6)25(30)22-9-8-10-23(17-22)32-7/h8-14,17H,15-16,18-19H2,1-7H3. The molecule has 0 saturated carbocycles. The van der Waals surface area contributed by atoms with Crippen LogP contribution < -0.4 is 4.74 Å². The Balaban J connectivity index is 2.04. The van der Waals surface area contributed by atoms with Crippen molar-refractivity contribution in [3.8, 4) is 5.75 Å². The smallest absolute Gasteiger partial charge is 0.171 e. The Morgan fingerprint density at radius 1 is 0.906 bits per heavy atom. The summed E-state index contributed by atoms with van der Waals surface area (Å²) in [5.41, 5.74) is 1.47. The zero-order valence-corrected chi connectivity index (χ0v) is 20.5. The van der Waals surface area contributed by atoms with Crippen molar-refractivity contribution in [3.63, 3.8) is 0 Å². The van der Waals surface area contributed by atoms with Gasteiger partial charge >= 0.3 is 0 Å². The maximum atomic E-state index is 13.3. The van der Waals surface area contributed by atoms with Gasteiger partial charge in [-0.1, -0.05) is 64.1 Å². The van der Waals surface area contributed by atoms with Gasteiger partial charge in [-0.3, -0.25) is 9.59 Å². The molecule has 32 heavy (non-hydrogen) atoms. The molecule has 0 aromatic heterocycles. The van der Waals surface area contributed by atoms with Gasteiger partial charge in [-0.2, -0.15) is 0 Å². The SMILES string of the molecule is COCC(C)(CCN(C)Cc1ccc(C(=O)C(C)(C)C)cc1)C(=O)c1cccc(OC)c1. The molecule has 2 aromatic carbocycles. The number of hydrogen-bond acceptors (Lipinski definition) is 5. The van der Waals surface area contributed by atoms with Crippen molar-refractivity contribution >= 4 is 11.6 Å². The predicted molar refractivity (Wildman–Crippen MR) is 128 cm³/mol. The lowest BCUT2D eigenvalue weighted by Gasteiger charge is -2.30. The van der Waals surface area contributed by atoms with Crippen LogP contribution in [0, 0.1) is 10.8 Å². The third-order valence-corrected chi connectivity index (χ3v) is 5.74. The third-order valence-electron chi connectivity index (χ3n) is 5.74. The zero-order chi connectivity index (χ0) is 23.9. The molecule has 2 aromatic rings. The van der Waals surface area contributed by atoms with E-state index >= 15 is 0 Å². The maximum Gasteiger partial charge on any atom is 0.171 e. The van der Waals surface area contributed by atoms with E-state index in [1.165, 1.54) is 0 Å². The van der Waals surface area contributed by atoms with E-state index in [2.05, 4.69) is 4.90 Å². The van der Waals surface area contributed by atoms with Crippen LogP contribution >= 0.6 is 0 Å². The van der Waals surface area contributed by atoms with Crippen molar-refractivity contribution in [2.45, 2.75) is 40.7 Å². The molecule has 0 aliphatic carbocycles. The van der Waals surface area contributed by atoms with E-state index < -0.39 is 5.41 Å². The quantitative estimate of drug-likeness (QED) is 0.446. The largest absolute Gasteiger partial charge is 0.497 e. The van der Waals surface area contributed by atoms with Crippen molar-refractivity contribution < 1.29 is 19.1 Å². The van der Waals surface area contributed by atoms with E-state index in [1.807, 2.05) is 77.2 Å². The minimum Gasteiger partial charge on any atom is -0.497 e. The van der Waals surface area contributed by atoms with Crippen LogP contribution in [0.2, 0.25) is 0 Å². The van der Waals surface area contributed by atoms with Crippen LogP contribution in [-0.4, -0.2) is 50.9 Å². The maximum absolute atomic E-state index is 13.3. The van der Waals surface area contributed by atoms with Gasteiger partial charge in [0.15, 0.2) is 11.6 Å². The first-order valence-electron chi connectivity index (χ1n) is 11.0. The lowest BCUT2D eigenvalue weighted by atomic mass is 9.79. The van der Waals surface area contributed by atoms with Gasteiger partial charge in [0.2, 0.25) is 0 Å². The van der Waals surface area contributed by atoms with Gasteiger partial charge in [0.1, 0.15) is 5.75 Å². The van der Waals surface area contributed by atoms with Crippen molar-refractivity contribution in [1.29, 1.82) is 0 Å². The fourth-order valence-electron chi connectivity index (χ4n) is 3.71. The van der Waals surface area contributed by atoms with E-state index in [0.717, 1.165) is 24.2 Å². The molecule has 0 aliphatic rings. The number of Topliss-reactive ketones (excluding diaryl/α,β-unsaturated/α-hetero) is 2. The third kappa shape index (κ3) is 6.75. The summed E-state index contributed by atoms with van der Waals surface area (Å²) < 4.78 is 10.7. The van der Waals surface area contributed by atoms with Crippen LogP contribution in [0.4, 0.5) is 0 Å². The summed E-state index contributed by atoms with van der Waals surface area (Å²) in [6.45, 7) is 9.57. The van der Waals surface area contributed by atoms with Crippen LogP contribution in [0.5, 0.6) is 5.75 Å². The highest BCUT2D eigenvalue weighted by molar-refractivity contribution is 6.01. The average molecular weight is 440 g/mol.